The van der Waals surface area contributed by atoms with Crippen LogP contribution in [0.2, 0.25) is 10.0 Å². The summed E-state index contributed by atoms with van der Waals surface area (Å²) in [5.74, 6) is -0.577. The van der Waals surface area contributed by atoms with Crippen molar-refractivity contribution in [2.24, 2.45) is 0 Å². The van der Waals surface area contributed by atoms with E-state index in [0.29, 0.717) is 163 Å². The number of halogens is 3. The molecular weight excluding hydrogens is 1780 g/mol. The zero-order chi connectivity index (χ0) is 97.8. The SMILES string of the molecule is CCCCN(CCCC)C(=O)c1cc(C)n(-c2ccc(-c3ccc(Cl)cc3)cc2C(=O)N2Cc3ccccc3C[C@H]2CO)n1.CCCCN(CCCC)C(=O)c1cc(C)n(-c2ccc(-c3ccc(F)cc3Cl)cc2C(=O)N2Cc3ccccc3C[C@H]2CO)n1.CCCCN(CCCC)C(=O)c1cc(C)n(-c2ccc(-c3cccc(-c4nnc(C)o4)c3)cc2C(=O)N2Cc3ccccc3C[C@H]2CO)n1. The Hall–Kier alpha value is -13.0. The topological polar surface area (TPSA) is 275 Å². The fraction of sp³-hybridized carbons (Fsp3) is 0.360. The van der Waals surface area contributed by atoms with Gasteiger partial charge in [0.2, 0.25) is 11.8 Å². The molecule has 13 aromatic rings. The second kappa shape index (κ2) is 47.3. The molecule has 3 aliphatic heterocycles. The fourth-order valence-corrected chi connectivity index (χ4v) is 18.6. The number of rotatable bonds is 34. The number of benzene rings is 9. The van der Waals surface area contributed by atoms with Crippen molar-refractivity contribution in [2.75, 3.05) is 59.1 Å². The summed E-state index contributed by atoms with van der Waals surface area (Å²) >= 11 is 12.6. The highest BCUT2D eigenvalue weighted by molar-refractivity contribution is 6.33. The van der Waals surface area contributed by atoms with E-state index in [1.54, 1.807) is 66.0 Å². The molecule has 3 aliphatic rings. The van der Waals surface area contributed by atoms with Crippen LogP contribution in [0.1, 0.15) is 237 Å². The van der Waals surface area contributed by atoms with Crippen molar-refractivity contribution >= 4 is 58.6 Å². The van der Waals surface area contributed by atoms with Gasteiger partial charge < -0.3 is 49.1 Å². The Morgan fingerprint density at radius 1 is 0.370 bits per heavy atom. The number of fused-ring (bicyclic) bond motifs is 3. The molecule has 4 aromatic heterocycles. The Morgan fingerprint density at radius 2 is 0.696 bits per heavy atom. The van der Waals surface area contributed by atoms with Crippen molar-refractivity contribution in [3.05, 3.63) is 318 Å². The lowest BCUT2D eigenvalue weighted by Crippen LogP contribution is -2.46. The monoisotopic (exact) mass is 1900 g/mol. The largest absolute Gasteiger partial charge is 0.421 e. The van der Waals surface area contributed by atoms with Gasteiger partial charge in [0.1, 0.15) is 5.82 Å². The number of hydrogen-bond donors (Lipinski definition) is 3. The van der Waals surface area contributed by atoms with Crippen LogP contribution in [0.25, 0.3) is 61.9 Å². The average Bonchev–Trinajstić information content (AvgIpc) is 1.22. The van der Waals surface area contributed by atoms with Crippen molar-refractivity contribution in [3.63, 3.8) is 0 Å². The molecule has 138 heavy (non-hydrogen) atoms. The molecule has 720 valence electrons. The van der Waals surface area contributed by atoms with Gasteiger partial charge in [0, 0.05) is 99.1 Å². The third-order valence-electron chi connectivity index (χ3n) is 26.1. The Bertz CT molecular complexity index is 6440. The maximum Gasteiger partial charge on any atom is 0.274 e. The maximum absolute atomic E-state index is 14.7. The van der Waals surface area contributed by atoms with Crippen molar-refractivity contribution in [1.82, 2.24) is 68.9 Å². The predicted molar refractivity (Wildman–Crippen MR) is 539 cm³/mol. The molecule has 16 rings (SSSR count). The van der Waals surface area contributed by atoms with Crippen molar-refractivity contribution in [1.29, 1.82) is 0 Å². The van der Waals surface area contributed by atoms with Crippen molar-refractivity contribution < 1.29 is 52.9 Å². The highest BCUT2D eigenvalue weighted by Crippen LogP contribution is 2.39. The van der Waals surface area contributed by atoms with Gasteiger partial charge in [-0.1, -0.05) is 219 Å². The standard InChI is InChI=1S/C39H44N6O4.C36H40ClFN4O3.C36H41ClN4O3/c1-5-7-18-43(19-8-6-2)39(48)35-20-26(3)45(42-35)36-17-16-30(28-14-11-15-31(21-28)37-41-40-27(4)49-37)23-34(36)38(47)44-24-32-13-10-9-12-29(32)22-33(44)25-46;1-4-6-16-40(17-7-5-2)36(45)33-18-24(3)42(39-33)34-15-12-26(30-14-13-28(38)21-32(30)37)20-31(34)35(44)41-22-27-11-9-8-10-25(27)19-29(41)23-43;1-4-6-18-39(19-7-5-2)36(44)33-20-25(3)41(38-33)34-17-14-28(26-12-15-30(37)16-13-26)22-32(34)35(43)40-23-29-11-9-8-10-27(29)21-31(40)24-42/h9-17,20-21,23,33,46H,5-8,18-19,22,24-25H2,1-4H3;8-15,18,20-21,29,43H,4-7,16-17,19,22-23H2,1-3H3;8-17,20,22,31,42H,4-7,18-19,21,23-24H2,1-3H3/t33-;29-;31-/m000/s1. The molecule has 6 amide bonds. The lowest BCUT2D eigenvalue weighted by atomic mass is 9.93. The Labute approximate surface area is 818 Å². The molecule has 24 nitrogen and oxygen atoms in total. The number of unbranched alkanes of at least 4 members (excludes halogenated alkanes) is 6. The van der Waals surface area contributed by atoms with Crippen molar-refractivity contribution in [3.8, 4) is 61.9 Å². The number of nitrogens with zero attached hydrogens (tertiary/aromatic N) is 14. The summed E-state index contributed by atoms with van der Waals surface area (Å²) in [7, 11) is 0. The number of aryl methyl sites for hydroxylation is 4. The first-order valence-electron chi connectivity index (χ1n) is 48.5. The molecule has 0 unspecified atom stereocenters. The van der Waals surface area contributed by atoms with Crippen LogP contribution in [-0.2, 0) is 38.9 Å². The minimum Gasteiger partial charge on any atom is -0.421 e. The number of aromatic nitrogens is 8. The lowest BCUT2D eigenvalue weighted by Gasteiger charge is -2.36. The third-order valence-corrected chi connectivity index (χ3v) is 26.7. The van der Waals surface area contributed by atoms with Crippen LogP contribution in [0.15, 0.2) is 217 Å². The molecule has 0 aliphatic carbocycles. The van der Waals surface area contributed by atoms with E-state index < -0.39 is 11.9 Å². The van der Waals surface area contributed by atoms with Gasteiger partial charge in [0.05, 0.1) is 76.7 Å². The van der Waals surface area contributed by atoms with Crippen LogP contribution in [0.5, 0.6) is 0 Å². The molecule has 0 saturated heterocycles. The van der Waals surface area contributed by atoms with Gasteiger partial charge in [-0.15, -0.1) is 10.2 Å². The summed E-state index contributed by atoms with van der Waals surface area (Å²) < 4.78 is 24.6. The van der Waals surface area contributed by atoms with Gasteiger partial charge in [-0.2, -0.15) is 15.3 Å². The van der Waals surface area contributed by atoms with E-state index in [1.165, 1.54) is 12.1 Å². The highest BCUT2D eigenvalue weighted by Gasteiger charge is 2.38. The molecule has 0 fully saturated rings. The molecule has 7 heterocycles. The Kier molecular flexibility index (Phi) is 34.6. The van der Waals surface area contributed by atoms with Crippen LogP contribution in [0, 0.1) is 33.5 Å². The predicted octanol–water partition coefficient (Wildman–Crippen LogP) is 21.2. The number of carbonyl (C=O) groups is 6. The third kappa shape index (κ3) is 23.5. The van der Waals surface area contributed by atoms with E-state index in [1.807, 2.05) is 193 Å². The first-order valence-corrected chi connectivity index (χ1v) is 49.2. The first kappa shape index (κ1) is 101. The van der Waals surface area contributed by atoms with E-state index in [2.05, 4.69) is 63.9 Å². The highest BCUT2D eigenvalue weighted by atomic mass is 35.5. The van der Waals surface area contributed by atoms with E-state index in [9.17, 15) is 48.5 Å². The summed E-state index contributed by atoms with van der Waals surface area (Å²) in [6.07, 6.45) is 13.2. The molecule has 0 spiro atoms. The normalized spacial score (nSPS) is 14.3. The van der Waals surface area contributed by atoms with Crippen LogP contribution in [0.3, 0.4) is 0 Å². The summed E-state index contributed by atoms with van der Waals surface area (Å²) in [6, 6.07) is 64.5. The fourth-order valence-electron chi connectivity index (χ4n) is 18.2. The van der Waals surface area contributed by atoms with E-state index >= 15 is 0 Å². The number of hydrogen-bond acceptors (Lipinski definition) is 15. The van der Waals surface area contributed by atoms with Crippen LogP contribution < -0.4 is 0 Å². The second-order valence-electron chi connectivity index (χ2n) is 36.0. The Morgan fingerprint density at radius 3 is 1.04 bits per heavy atom. The maximum atomic E-state index is 14.7. The van der Waals surface area contributed by atoms with Gasteiger partial charge in [-0.3, -0.25) is 28.8 Å². The van der Waals surface area contributed by atoms with Gasteiger partial charge in [0.25, 0.3) is 35.4 Å². The van der Waals surface area contributed by atoms with Crippen molar-refractivity contribution in [2.45, 2.75) is 203 Å². The van der Waals surface area contributed by atoms with Gasteiger partial charge in [0.15, 0.2) is 17.1 Å². The number of aliphatic hydroxyl groups is 3. The molecule has 0 radical (unpaired) electrons. The van der Waals surface area contributed by atoms with E-state index in [4.69, 9.17) is 42.9 Å². The lowest BCUT2D eigenvalue weighted by molar-refractivity contribution is 0.0539. The number of amides is 6. The minimum atomic E-state index is -0.453. The van der Waals surface area contributed by atoms with E-state index in [-0.39, 0.29) is 72.4 Å². The summed E-state index contributed by atoms with van der Waals surface area (Å²) in [6.45, 7) is 24.8. The van der Waals surface area contributed by atoms with Crippen LogP contribution in [-0.4, -0.2) is 197 Å². The van der Waals surface area contributed by atoms with Gasteiger partial charge in [-0.05, 0) is 237 Å². The molecule has 9 aromatic carbocycles. The zero-order valence-electron chi connectivity index (χ0n) is 80.6. The zero-order valence-corrected chi connectivity index (χ0v) is 82.1. The summed E-state index contributed by atoms with van der Waals surface area (Å²) in [5, 5.41) is 54.5. The average molecular weight is 1910 g/mol. The molecule has 27 heteroatoms. The second-order valence-corrected chi connectivity index (χ2v) is 36.9. The van der Waals surface area contributed by atoms with Crippen LogP contribution in [0.4, 0.5) is 4.39 Å². The molecule has 3 N–H and O–H groups in total. The smallest absolute Gasteiger partial charge is 0.274 e. The molecule has 0 saturated carbocycles. The number of aliphatic hydroxyl groups excluding tert-OH is 3. The molecular formula is C111H125Cl2FN14O10. The molecule has 0 bridgehead atoms. The summed E-state index contributed by atoms with van der Waals surface area (Å²) in [5.41, 5.74) is 18.1. The minimum absolute atomic E-state index is 0.0904. The Balaban J connectivity index is 0.000000166. The first-order chi connectivity index (χ1) is 66.9. The van der Waals surface area contributed by atoms with E-state index in [0.717, 1.165) is 150 Å². The van der Waals surface area contributed by atoms with Gasteiger partial charge >= 0.3 is 0 Å². The summed E-state index contributed by atoms with van der Waals surface area (Å²) in [4.78, 5) is 95.5. The van der Waals surface area contributed by atoms with Crippen LogP contribution >= 0.6 is 23.2 Å². The molecule has 3 atom stereocenters. The number of carbonyl (C=O) groups excluding carboxylic acids is 6. The quantitative estimate of drug-likeness (QED) is 0.0338. The van der Waals surface area contributed by atoms with Gasteiger partial charge in [-0.25, -0.2) is 18.4 Å².